The summed E-state index contributed by atoms with van der Waals surface area (Å²) in [7, 11) is -1.27. The van der Waals surface area contributed by atoms with E-state index in [2.05, 4.69) is 24.5 Å². The minimum absolute atomic E-state index is 0.162. The molecular weight excluding hydrogens is 338 g/mol. The van der Waals surface area contributed by atoms with Crippen molar-refractivity contribution in [3.63, 3.8) is 0 Å². The molecule has 0 heterocycles. The maximum Gasteiger partial charge on any atom is 0.188 e. The molecule has 0 amide bonds. The highest BCUT2D eigenvalue weighted by Crippen LogP contribution is 2.12. The van der Waals surface area contributed by atoms with E-state index in [0.29, 0.717) is 4.90 Å². The summed E-state index contributed by atoms with van der Waals surface area (Å²) >= 11 is 0. The minimum atomic E-state index is -3.06. The van der Waals surface area contributed by atoms with Gasteiger partial charge in [0, 0.05) is 32.1 Å². The Morgan fingerprint density at radius 3 is 1.68 bits per heavy atom. The smallest absolute Gasteiger partial charge is 0.188 e. The zero-order valence-corrected chi connectivity index (χ0v) is 17.2. The topological polar surface area (TPSA) is 111 Å². The highest BCUT2D eigenvalue weighted by atomic mass is 32.2. The summed E-state index contributed by atoms with van der Waals surface area (Å²) in [5, 5.41) is 13.0. The monoisotopic (exact) mass is 373 g/mol. The molecule has 0 aliphatic heterocycles. The second-order valence-corrected chi connectivity index (χ2v) is 7.08. The molecule has 8 heteroatoms. The third-order valence-corrected chi connectivity index (χ3v) is 4.30. The molecule has 0 spiro atoms. The van der Waals surface area contributed by atoms with Gasteiger partial charge in [0.25, 0.3) is 0 Å². The molecule has 5 N–H and O–H groups in total. The van der Waals surface area contributed by atoms with Crippen LogP contribution < -0.4 is 16.4 Å². The first-order valence-corrected chi connectivity index (χ1v) is 10.3. The van der Waals surface area contributed by atoms with Gasteiger partial charge in [0.2, 0.25) is 0 Å². The molecule has 0 aromatic heterocycles. The van der Waals surface area contributed by atoms with E-state index in [9.17, 15) is 8.42 Å². The van der Waals surface area contributed by atoms with E-state index >= 15 is 0 Å². The van der Waals surface area contributed by atoms with Crippen LogP contribution in [0.15, 0.2) is 29.2 Å². The van der Waals surface area contributed by atoms with Gasteiger partial charge in [-0.05, 0) is 51.2 Å². The highest BCUT2D eigenvalue weighted by Gasteiger charge is 2.04. The van der Waals surface area contributed by atoms with E-state index in [1.165, 1.54) is 6.26 Å². The minimum Gasteiger partial charge on any atom is -0.388 e. The zero-order chi connectivity index (χ0) is 19.9. The molecule has 0 saturated heterocycles. The van der Waals surface area contributed by atoms with Gasteiger partial charge in [0.1, 0.15) is 0 Å². The predicted octanol–water partition coefficient (Wildman–Crippen LogP) is 1.97. The Morgan fingerprint density at radius 2 is 1.52 bits per heavy atom. The molecule has 0 saturated carbocycles. The lowest BCUT2D eigenvalue weighted by atomic mass is 10.3. The summed E-state index contributed by atoms with van der Waals surface area (Å²) in [6, 6.07) is 6.63. The first-order valence-electron chi connectivity index (χ1n) is 8.45. The summed E-state index contributed by atoms with van der Waals surface area (Å²) in [5.74, 6) is 0.162. The lowest BCUT2D eigenvalue weighted by molar-refractivity contribution is 0.457. The molecule has 0 aliphatic carbocycles. The van der Waals surface area contributed by atoms with Crippen LogP contribution in [0.5, 0.6) is 0 Å². The second-order valence-electron chi connectivity index (χ2n) is 5.06. The van der Waals surface area contributed by atoms with Crippen LogP contribution in [0.2, 0.25) is 0 Å². The van der Waals surface area contributed by atoms with Crippen molar-refractivity contribution in [2.24, 2.45) is 5.73 Å². The predicted molar refractivity (Wildman–Crippen MR) is 108 cm³/mol. The molecule has 1 aromatic carbocycles. The molecule has 25 heavy (non-hydrogen) atoms. The number of sulfone groups is 1. The van der Waals surface area contributed by atoms with E-state index in [0.717, 1.165) is 31.9 Å². The fourth-order valence-electron chi connectivity index (χ4n) is 1.68. The van der Waals surface area contributed by atoms with Crippen molar-refractivity contribution >= 4 is 21.5 Å². The molecule has 7 nitrogen and oxygen atoms in total. The van der Waals surface area contributed by atoms with E-state index < -0.39 is 9.84 Å². The average Bonchev–Trinajstić information content (AvgIpc) is 2.57. The fraction of sp³-hybridized carbons (Fsp3) is 0.588. The quantitative estimate of drug-likeness (QED) is 0.448. The normalized spacial score (nSPS) is 9.84. The number of hydrogen-bond acceptors (Lipinski definition) is 5. The Balaban J connectivity index is 0. The number of benzene rings is 1. The van der Waals surface area contributed by atoms with Gasteiger partial charge in [-0.3, -0.25) is 5.41 Å². The summed E-state index contributed by atoms with van der Waals surface area (Å²) in [5.41, 5.74) is 6.07. The number of nitrogens with two attached hydrogens (primary N) is 1. The van der Waals surface area contributed by atoms with Gasteiger partial charge in [0.15, 0.2) is 15.8 Å². The summed E-state index contributed by atoms with van der Waals surface area (Å²) in [6.45, 7) is 12.0. The van der Waals surface area contributed by atoms with Crippen molar-refractivity contribution in [2.75, 3.05) is 44.8 Å². The maximum atomic E-state index is 11.0. The molecular formula is C17H35N5O2S. The molecule has 1 aromatic rings. The van der Waals surface area contributed by atoms with Crippen molar-refractivity contribution in [3.8, 4) is 0 Å². The molecule has 1 rings (SSSR count). The molecule has 0 unspecified atom stereocenters. The number of anilines is 1. The van der Waals surface area contributed by atoms with Gasteiger partial charge >= 0.3 is 0 Å². The second kappa shape index (κ2) is 14.5. The Bertz CT molecular complexity index is 553. The van der Waals surface area contributed by atoms with Gasteiger partial charge in [-0.2, -0.15) is 0 Å². The van der Waals surface area contributed by atoms with Crippen LogP contribution >= 0.6 is 0 Å². The van der Waals surface area contributed by atoms with Crippen LogP contribution in [0, 0.1) is 5.41 Å². The van der Waals surface area contributed by atoms with Gasteiger partial charge in [-0.1, -0.05) is 13.8 Å². The Labute approximate surface area is 153 Å². The number of nitrogens with one attached hydrogen (secondary N) is 3. The van der Waals surface area contributed by atoms with Crippen LogP contribution in [0.1, 0.15) is 27.7 Å². The molecule has 0 bridgehead atoms. The number of hydrogen-bond donors (Lipinski definition) is 4. The first kappa shape index (κ1) is 25.4. The first-order chi connectivity index (χ1) is 11.7. The third-order valence-electron chi connectivity index (χ3n) is 3.18. The Kier molecular flexibility index (Phi) is 14.8. The van der Waals surface area contributed by atoms with E-state index in [4.69, 9.17) is 11.1 Å². The van der Waals surface area contributed by atoms with Crippen molar-refractivity contribution in [3.05, 3.63) is 24.3 Å². The van der Waals surface area contributed by atoms with Gasteiger partial charge in [-0.25, -0.2) is 8.42 Å². The van der Waals surface area contributed by atoms with Gasteiger partial charge < -0.3 is 21.3 Å². The fourth-order valence-corrected chi connectivity index (χ4v) is 2.31. The Morgan fingerprint density at radius 1 is 1.08 bits per heavy atom. The zero-order valence-electron chi connectivity index (χ0n) is 16.4. The molecule has 146 valence electrons. The van der Waals surface area contributed by atoms with Crippen LogP contribution in [-0.2, 0) is 9.84 Å². The van der Waals surface area contributed by atoms with Crippen molar-refractivity contribution < 1.29 is 8.42 Å². The number of rotatable bonds is 6. The van der Waals surface area contributed by atoms with Crippen molar-refractivity contribution in [2.45, 2.75) is 32.6 Å². The van der Waals surface area contributed by atoms with E-state index in [1.807, 2.05) is 13.8 Å². The summed E-state index contributed by atoms with van der Waals surface area (Å²) in [4.78, 5) is 2.13. The van der Waals surface area contributed by atoms with Crippen LogP contribution in [0.4, 0.5) is 5.69 Å². The Hall–Kier alpha value is -1.80. The largest absolute Gasteiger partial charge is 0.388 e. The van der Waals surface area contributed by atoms with Gasteiger partial charge in [-0.15, -0.1) is 0 Å². The molecule has 0 fully saturated rings. The molecule has 0 radical (unpaired) electrons. The SMILES string of the molecule is CCN(CC)C(=N)N.CCNCC.CNc1ccc(S(C)(=O)=O)cc1. The third kappa shape index (κ3) is 13.2. The lowest BCUT2D eigenvalue weighted by Crippen LogP contribution is -2.35. The van der Waals surface area contributed by atoms with Crippen LogP contribution in [-0.4, -0.2) is 58.8 Å². The lowest BCUT2D eigenvalue weighted by Gasteiger charge is -2.16. The van der Waals surface area contributed by atoms with Crippen molar-refractivity contribution in [1.29, 1.82) is 5.41 Å². The van der Waals surface area contributed by atoms with Crippen LogP contribution in [0.25, 0.3) is 0 Å². The average molecular weight is 374 g/mol. The maximum absolute atomic E-state index is 11.0. The molecule has 0 atom stereocenters. The number of guanidine groups is 1. The number of nitrogens with zero attached hydrogens (tertiary/aromatic N) is 1. The van der Waals surface area contributed by atoms with Crippen molar-refractivity contribution in [1.82, 2.24) is 10.2 Å². The summed E-state index contributed by atoms with van der Waals surface area (Å²) in [6.07, 6.45) is 1.20. The molecule has 0 aliphatic rings. The standard InChI is InChI=1S/C8H11NO2S.C5H13N3.C4H11N/c1-9-7-3-5-8(6-4-7)12(2,10)11;1-3-8(4-2)5(6)7;1-3-5-4-2/h3-6,9H,1-2H3;3-4H2,1-2H3,(H3,6,7);5H,3-4H2,1-2H3. The highest BCUT2D eigenvalue weighted by molar-refractivity contribution is 7.90. The summed E-state index contributed by atoms with van der Waals surface area (Å²) < 4.78 is 22.0. The van der Waals surface area contributed by atoms with E-state index in [1.54, 1.807) is 36.2 Å². The van der Waals surface area contributed by atoms with Gasteiger partial charge in [0.05, 0.1) is 4.90 Å². The van der Waals surface area contributed by atoms with Crippen LogP contribution in [0.3, 0.4) is 0 Å². The van der Waals surface area contributed by atoms with E-state index in [-0.39, 0.29) is 5.96 Å².